The van der Waals surface area contributed by atoms with Gasteiger partial charge >= 0.3 is 0 Å². The van der Waals surface area contributed by atoms with E-state index in [1.165, 1.54) is 19.9 Å². The van der Waals surface area contributed by atoms with Crippen molar-refractivity contribution >= 4 is 15.7 Å². The molecule has 2 N–H and O–H groups in total. The molecule has 0 spiro atoms. The molecular formula is C15H20N2O2S. The van der Waals surface area contributed by atoms with Crippen LogP contribution in [0.15, 0.2) is 41.3 Å². The summed E-state index contributed by atoms with van der Waals surface area (Å²) in [4.78, 5) is 0.304. The van der Waals surface area contributed by atoms with E-state index in [9.17, 15) is 8.42 Å². The second-order valence-corrected chi connectivity index (χ2v) is 7.54. The third-order valence-electron chi connectivity index (χ3n) is 4.40. The maximum atomic E-state index is 11.8. The van der Waals surface area contributed by atoms with Gasteiger partial charge in [0.1, 0.15) is 0 Å². The third kappa shape index (κ3) is 2.60. The highest BCUT2D eigenvalue weighted by Crippen LogP contribution is 2.43. The number of benzene rings is 1. The van der Waals surface area contributed by atoms with E-state index >= 15 is 0 Å². The van der Waals surface area contributed by atoms with Gasteiger partial charge in [-0.3, -0.25) is 0 Å². The number of allylic oxidation sites excluding steroid dienone is 2. The van der Waals surface area contributed by atoms with Crippen LogP contribution in [0.25, 0.3) is 0 Å². The van der Waals surface area contributed by atoms with Crippen molar-refractivity contribution in [1.29, 1.82) is 0 Å². The molecule has 2 aliphatic rings. The molecule has 4 nitrogen and oxygen atoms in total. The van der Waals surface area contributed by atoms with E-state index < -0.39 is 10.0 Å². The number of rotatable bonds is 5. The van der Waals surface area contributed by atoms with Crippen molar-refractivity contribution in [3.05, 3.63) is 36.4 Å². The molecule has 0 amide bonds. The van der Waals surface area contributed by atoms with Crippen molar-refractivity contribution in [3.8, 4) is 0 Å². The second kappa shape index (κ2) is 5.22. The van der Waals surface area contributed by atoms with Crippen LogP contribution in [-0.2, 0) is 10.0 Å². The molecular weight excluding hydrogens is 272 g/mol. The SMILES string of the molecule is CNS(=O)(=O)c1cccc(NCC2CC3C=CC2C3)c1. The van der Waals surface area contributed by atoms with Crippen molar-refractivity contribution in [2.45, 2.75) is 17.7 Å². The molecule has 0 aliphatic heterocycles. The topological polar surface area (TPSA) is 58.2 Å². The van der Waals surface area contributed by atoms with Gasteiger partial charge < -0.3 is 5.32 Å². The summed E-state index contributed by atoms with van der Waals surface area (Å²) in [7, 11) is -1.94. The lowest BCUT2D eigenvalue weighted by atomic mass is 9.93. The van der Waals surface area contributed by atoms with E-state index in [0.717, 1.165) is 18.2 Å². The van der Waals surface area contributed by atoms with Crippen molar-refractivity contribution in [2.75, 3.05) is 18.9 Å². The molecule has 0 aromatic heterocycles. The van der Waals surface area contributed by atoms with Gasteiger partial charge in [-0.25, -0.2) is 13.1 Å². The van der Waals surface area contributed by atoms with Gasteiger partial charge in [0.15, 0.2) is 0 Å². The second-order valence-electron chi connectivity index (χ2n) is 5.66. The normalized spacial score (nSPS) is 27.9. The quantitative estimate of drug-likeness (QED) is 0.818. The van der Waals surface area contributed by atoms with E-state index in [0.29, 0.717) is 16.7 Å². The largest absolute Gasteiger partial charge is 0.385 e. The van der Waals surface area contributed by atoms with Crippen molar-refractivity contribution in [3.63, 3.8) is 0 Å². The van der Waals surface area contributed by atoms with Gasteiger partial charge in [-0.1, -0.05) is 18.2 Å². The Hall–Kier alpha value is -1.33. The lowest BCUT2D eigenvalue weighted by molar-refractivity contribution is 0.472. The lowest BCUT2D eigenvalue weighted by Gasteiger charge is -2.19. The molecule has 3 unspecified atom stereocenters. The Bertz CT molecular complexity index is 625. The first-order valence-electron chi connectivity index (χ1n) is 7.04. The number of fused-ring (bicyclic) bond motifs is 2. The number of hydrogen-bond donors (Lipinski definition) is 2. The Balaban J connectivity index is 1.66. The zero-order valence-corrected chi connectivity index (χ0v) is 12.4. The first-order valence-corrected chi connectivity index (χ1v) is 8.52. The average molecular weight is 292 g/mol. The Labute approximate surface area is 120 Å². The molecule has 20 heavy (non-hydrogen) atoms. The van der Waals surface area contributed by atoms with Crippen LogP contribution in [0.5, 0.6) is 0 Å². The van der Waals surface area contributed by atoms with Gasteiger partial charge in [-0.2, -0.15) is 0 Å². The summed E-state index contributed by atoms with van der Waals surface area (Å²) in [5.41, 5.74) is 0.869. The molecule has 0 radical (unpaired) electrons. The van der Waals surface area contributed by atoms with Crippen molar-refractivity contribution in [1.82, 2.24) is 4.72 Å². The summed E-state index contributed by atoms with van der Waals surface area (Å²) in [6, 6.07) is 6.98. The van der Waals surface area contributed by atoms with Crippen LogP contribution in [0.1, 0.15) is 12.8 Å². The number of nitrogens with one attached hydrogen (secondary N) is 2. The average Bonchev–Trinajstić information content (AvgIpc) is 3.08. The Kier molecular flexibility index (Phi) is 3.56. The molecule has 3 rings (SSSR count). The van der Waals surface area contributed by atoms with E-state index in [4.69, 9.17) is 0 Å². The van der Waals surface area contributed by atoms with Gasteiger partial charge in [0.2, 0.25) is 10.0 Å². The monoisotopic (exact) mass is 292 g/mol. The molecule has 0 heterocycles. The summed E-state index contributed by atoms with van der Waals surface area (Å²) in [6.45, 7) is 0.911. The molecule has 2 aliphatic carbocycles. The van der Waals surface area contributed by atoms with Crippen LogP contribution in [0.2, 0.25) is 0 Å². The molecule has 5 heteroatoms. The van der Waals surface area contributed by atoms with Gasteiger partial charge in [-0.05, 0) is 55.8 Å². The minimum Gasteiger partial charge on any atom is -0.385 e. The number of anilines is 1. The van der Waals surface area contributed by atoms with Crippen LogP contribution in [0.3, 0.4) is 0 Å². The van der Waals surface area contributed by atoms with Crippen LogP contribution in [-0.4, -0.2) is 22.0 Å². The third-order valence-corrected chi connectivity index (χ3v) is 5.81. The van der Waals surface area contributed by atoms with E-state index in [2.05, 4.69) is 22.2 Å². The molecule has 108 valence electrons. The first kappa shape index (κ1) is 13.6. The smallest absolute Gasteiger partial charge is 0.240 e. The lowest BCUT2D eigenvalue weighted by Crippen LogP contribution is -2.20. The Morgan fingerprint density at radius 3 is 2.75 bits per heavy atom. The minimum absolute atomic E-state index is 0.304. The van der Waals surface area contributed by atoms with Crippen molar-refractivity contribution < 1.29 is 8.42 Å². The van der Waals surface area contributed by atoms with Crippen LogP contribution in [0, 0.1) is 17.8 Å². The number of sulfonamides is 1. The first-order chi connectivity index (χ1) is 9.58. The fourth-order valence-electron chi connectivity index (χ4n) is 3.27. The Morgan fingerprint density at radius 1 is 1.25 bits per heavy atom. The molecule has 1 fully saturated rings. The van der Waals surface area contributed by atoms with E-state index in [1.807, 2.05) is 6.07 Å². The van der Waals surface area contributed by atoms with Crippen LogP contribution in [0.4, 0.5) is 5.69 Å². The highest BCUT2D eigenvalue weighted by atomic mass is 32.2. The number of hydrogen-bond acceptors (Lipinski definition) is 3. The Morgan fingerprint density at radius 2 is 2.10 bits per heavy atom. The van der Waals surface area contributed by atoms with Gasteiger partial charge in [0.05, 0.1) is 4.90 Å². The standard InChI is InChI=1S/C15H20N2O2S/c1-16-20(18,19)15-4-2-3-14(9-15)17-10-13-8-11-5-6-12(13)7-11/h2-6,9,11-13,16-17H,7-8,10H2,1H3. The highest BCUT2D eigenvalue weighted by molar-refractivity contribution is 7.89. The van der Waals surface area contributed by atoms with Crippen LogP contribution < -0.4 is 10.0 Å². The zero-order valence-electron chi connectivity index (χ0n) is 11.5. The molecule has 3 atom stereocenters. The maximum Gasteiger partial charge on any atom is 0.240 e. The fraction of sp³-hybridized carbons (Fsp3) is 0.467. The van der Waals surface area contributed by atoms with Gasteiger partial charge in [-0.15, -0.1) is 0 Å². The molecule has 1 aromatic carbocycles. The predicted octanol–water partition coefficient (Wildman–Crippen LogP) is 2.22. The summed E-state index contributed by atoms with van der Waals surface area (Å²) in [5.74, 6) is 2.15. The molecule has 1 aromatic rings. The summed E-state index contributed by atoms with van der Waals surface area (Å²) < 4.78 is 25.9. The molecule has 2 bridgehead atoms. The fourth-order valence-corrected chi connectivity index (χ4v) is 4.04. The molecule has 0 saturated heterocycles. The van der Waals surface area contributed by atoms with E-state index in [1.54, 1.807) is 18.2 Å². The summed E-state index contributed by atoms with van der Waals surface area (Å²) in [6.07, 6.45) is 7.22. The summed E-state index contributed by atoms with van der Waals surface area (Å²) in [5, 5.41) is 3.38. The summed E-state index contributed by atoms with van der Waals surface area (Å²) >= 11 is 0. The highest BCUT2D eigenvalue weighted by Gasteiger charge is 2.35. The zero-order chi connectivity index (χ0) is 14.2. The maximum absolute atomic E-state index is 11.8. The minimum atomic E-state index is -3.37. The molecule has 1 saturated carbocycles. The van der Waals surface area contributed by atoms with E-state index in [-0.39, 0.29) is 0 Å². The van der Waals surface area contributed by atoms with Crippen LogP contribution >= 0.6 is 0 Å². The van der Waals surface area contributed by atoms with Gasteiger partial charge in [0.25, 0.3) is 0 Å². The van der Waals surface area contributed by atoms with Gasteiger partial charge in [0, 0.05) is 12.2 Å². The predicted molar refractivity (Wildman–Crippen MR) is 80.0 cm³/mol. The van der Waals surface area contributed by atoms with Crippen molar-refractivity contribution in [2.24, 2.45) is 17.8 Å².